The Balaban J connectivity index is 2.25. The minimum Gasteiger partial charge on any atom is -0.333 e. The third kappa shape index (κ3) is 2.08. The van der Waals surface area contributed by atoms with E-state index in [9.17, 15) is 0 Å². The normalized spacial score (nSPS) is 13.3. The molecule has 0 radical (unpaired) electrons. The van der Waals surface area contributed by atoms with E-state index in [0.29, 0.717) is 17.6 Å². The monoisotopic (exact) mass is 223 g/mol. The molecule has 0 aliphatic heterocycles. The summed E-state index contributed by atoms with van der Waals surface area (Å²) in [7, 11) is 0. The number of nitrogens with zero attached hydrogens (tertiary/aromatic N) is 2. The van der Waals surface area contributed by atoms with E-state index in [-0.39, 0.29) is 6.04 Å². The van der Waals surface area contributed by atoms with Gasteiger partial charge in [0.15, 0.2) is 5.82 Å². The highest BCUT2D eigenvalue weighted by Gasteiger charge is 2.18. The molecule has 2 rings (SSSR count). The third-order valence-corrected chi connectivity index (χ3v) is 3.05. The van der Waals surface area contributed by atoms with Crippen LogP contribution in [0.15, 0.2) is 22.0 Å². The fraction of sp³-hybridized carbons (Fsp3) is 0.400. The van der Waals surface area contributed by atoms with Crippen LogP contribution in [0.2, 0.25) is 0 Å². The maximum Gasteiger partial charge on any atom is 0.268 e. The smallest absolute Gasteiger partial charge is 0.268 e. The molecule has 0 saturated carbocycles. The minimum absolute atomic E-state index is 0.164. The lowest BCUT2D eigenvalue weighted by molar-refractivity contribution is 0.400. The summed E-state index contributed by atoms with van der Waals surface area (Å²) in [5, 5.41) is 5.86. The van der Waals surface area contributed by atoms with E-state index in [1.807, 2.05) is 31.4 Å². The van der Waals surface area contributed by atoms with Gasteiger partial charge in [0.05, 0.1) is 10.9 Å². The zero-order valence-electron chi connectivity index (χ0n) is 8.68. The average molecular weight is 223 g/mol. The summed E-state index contributed by atoms with van der Waals surface area (Å²) in [4.78, 5) is 5.26. The number of hydrogen-bond acceptors (Lipinski definition) is 5. The van der Waals surface area contributed by atoms with Crippen LogP contribution in [-0.2, 0) is 0 Å². The van der Waals surface area contributed by atoms with Crippen LogP contribution in [-0.4, -0.2) is 10.1 Å². The van der Waals surface area contributed by atoms with Crippen LogP contribution < -0.4 is 5.73 Å². The van der Waals surface area contributed by atoms with Crippen molar-refractivity contribution in [3.8, 4) is 10.8 Å². The topological polar surface area (TPSA) is 64.9 Å². The van der Waals surface area contributed by atoms with Crippen LogP contribution >= 0.6 is 11.3 Å². The molecule has 15 heavy (non-hydrogen) atoms. The number of aromatic nitrogens is 2. The molecule has 2 N–H and O–H groups in total. The van der Waals surface area contributed by atoms with Crippen molar-refractivity contribution in [1.29, 1.82) is 0 Å². The van der Waals surface area contributed by atoms with E-state index in [2.05, 4.69) is 10.1 Å². The second-order valence-corrected chi connectivity index (χ2v) is 4.65. The first-order chi connectivity index (χ1) is 7.18. The van der Waals surface area contributed by atoms with E-state index >= 15 is 0 Å². The van der Waals surface area contributed by atoms with E-state index in [4.69, 9.17) is 10.3 Å². The highest BCUT2D eigenvalue weighted by atomic mass is 32.1. The van der Waals surface area contributed by atoms with Crippen molar-refractivity contribution >= 4 is 11.3 Å². The van der Waals surface area contributed by atoms with Gasteiger partial charge in [-0.3, -0.25) is 0 Å². The van der Waals surface area contributed by atoms with Gasteiger partial charge in [-0.2, -0.15) is 4.98 Å². The summed E-state index contributed by atoms with van der Waals surface area (Å²) in [6, 6.07) is 3.73. The maximum absolute atomic E-state index is 5.92. The molecule has 2 aromatic rings. The predicted molar refractivity (Wildman–Crippen MR) is 59.4 cm³/mol. The van der Waals surface area contributed by atoms with Crippen LogP contribution in [0.4, 0.5) is 0 Å². The highest BCUT2D eigenvalue weighted by molar-refractivity contribution is 7.13. The Morgan fingerprint density at radius 2 is 2.27 bits per heavy atom. The summed E-state index contributed by atoms with van der Waals surface area (Å²) in [6.45, 7) is 4.07. The highest BCUT2D eigenvalue weighted by Crippen LogP contribution is 2.24. The zero-order valence-corrected chi connectivity index (χ0v) is 9.49. The first kappa shape index (κ1) is 10.3. The van der Waals surface area contributed by atoms with Gasteiger partial charge < -0.3 is 10.3 Å². The molecule has 1 atom stereocenters. The molecule has 1 unspecified atom stereocenters. The van der Waals surface area contributed by atoms with Crippen LogP contribution in [0.5, 0.6) is 0 Å². The van der Waals surface area contributed by atoms with Gasteiger partial charge in [-0.25, -0.2) is 0 Å². The standard InChI is InChI=1S/C10H13N3OS/c1-6(2)8(11)9-12-10(14-13-9)7-4-3-5-15-7/h3-6,8H,11H2,1-2H3. The second-order valence-electron chi connectivity index (χ2n) is 3.70. The molecule has 2 aromatic heterocycles. The predicted octanol–water partition coefficient (Wildman–Crippen LogP) is 2.45. The Hall–Kier alpha value is -1.20. The van der Waals surface area contributed by atoms with Crippen molar-refractivity contribution in [3.63, 3.8) is 0 Å². The molecule has 4 nitrogen and oxygen atoms in total. The first-order valence-electron chi connectivity index (χ1n) is 4.81. The van der Waals surface area contributed by atoms with Crippen LogP contribution in [0.1, 0.15) is 25.7 Å². The summed E-state index contributed by atoms with van der Waals surface area (Å²) in [6.07, 6.45) is 0. The number of nitrogens with two attached hydrogens (primary N) is 1. The minimum atomic E-state index is -0.164. The van der Waals surface area contributed by atoms with Gasteiger partial charge in [-0.1, -0.05) is 25.1 Å². The van der Waals surface area contributed by atoms with Gasteiger partial charge in [0.2, 0.25) is 0 Å². The molecular formula is C10H13N3OS. The van der Waals surface area contributed by atoms with Gasteiger partial charge in [0.25, 0.3) is 5.89 Å². The molecule has 0 amide bonds. The van der Waals surface area contributed by atoms with E-state index in [0.717, 1.165) is 4.88 Å². The lowest BCUT2D eigenvalue weighted by Gasteiger charge is -2.09. The largest absolute Gasteiger partial charge is 0.333 e. The Bertz CT molecular complexity index is 422. The van der Waals surface area contributed by atoms with Crippen molar-refractivity contribution in [3.05, 3.63) is 23.3 Å². The Kier molecular flexibility index (Phi) is 2.83. The van der Waals surface area contributed by atoms with Gasteiger partial charge >= 0.3 is 0 Å². The van der Waals surface area contributed by atoms with E-state index in [1.54, 1.807) is 11.3 Å². The lowest BCUT2D eigenvalue weighted by Crippen LogP contribution is -2.18. The van der Waals surface area contributed by atoms with Crippen molar-refractivity contribution < 1.29 is 4.52 Å². The SMILES string of the molecule is CC(C)C(N)c1noc(-c2cccs2)n1. The molecule has 0 bridgehead atoms. The summed E-state index contributed by atoms with van der Waals surface area (Å²) in [5.41, 5.74) is 5.92. The summed E-state index contributed by atoms with van der Waals surface area (Å²) >= 11 is 1.57. The number of rotatable bonds is 3. The Morgan fingerprint density at radius 1 is 1.47 bits per heavy atom. The molecule has 0 aliphatic carbocycles. The van der Waals surface area contributed by atoms with Crippen molar-refractivity contribution in [1.82, 2.24) is 10.1 Å². The zero-order chi connectivity index (χ0) is 10.8. The number of thiophene rings is 1. The van der Waals surface area contributed by atoms with Gasteiger partial charge in [-0.05, 0) is 17.4 Å². The Morgan fingerprint density at radius 3 is 2.87 bits per heavy atom. The van der Waals surface area contributed by atoms with E-state index < -0.39 is 0 Å². The average Bonchev–Trinajstić information content (AvgIpc) is 2.86. The van der Waals surface area contributed by atoms with Crippen molar-refractivity contribution in [2.24, 2.45) is 11.7 Å². The van der Waals surface area contributed by atoms with Crippen molar-refractivity contribution in [2.75, 3.05) is 0 Å². The van der Waals surface area contributed by atoms with Crippen molar-refractivity contribution in [2.45, 2.75) is 19.9 Å². The van der Waals surface area contributed by atoms with Gasteiger partial charge in [0.1, 0.15) is 0 Å². The molecule has 0 aliphatic rings. The van der Waals surface area contributed by atoms with Gasteiger partial charge in [0, 0.05) is 0 Å². The second kappa shape index (κ2) is 4.12. The quantitative estimate of drug-likeness (QED) is 0.868. The molecule has 0 saturated heterocycles. The van der Waals surface area contributed by atoms with Crippen LogP contribution in [0, 0.1) is 5.92 Å². The molecule has 0 aromatic carbocycles. The molecule has 2 heterocycles. The third-order valence-electron chi connectivity index (χ3n) is 2.19. The summed E-state index contributed by atoms with van der Waals surface area (Å²) in [5.74, 6) is 1.43. The number of hydrogen-bond donors (Lipinski definition) is 1. The van der Waals surface area contributed by atoms with Crippen LogP contribution in [0.25, 0.3) is 10.8 Å². The first-order valence-corrected chi connectivity index (χ1v) is 5.69. The van der Waals surface area contributed by atoms with E-state index in [1.165, 1.54) is 0 Å². The molecule has 0 fully saturated rings. The summed E-state index contributed by atoms with van der Waals surface area (Å²) < 4.78 is 5.15. The maximum atomic E-state index is 5.92. The fourth-order valence-corrected chi connectivity index (χ4v) is 1.81. The molecule has 0 spiro atoms. The molecular weight excluding hydrogens is 210 g/mol. The molecule has 80 valence electrons. The Labute approximate surface area is 92.1 Å². The van der Waals surface area contributed by atoms with Crippen LogP contribution in [0.3, 0.4) is 0 Å². The fourth-order valence-electron chi connectivity index (χ4n) is 1.17. The lowest BCUT2D eigenvalue weighted by atomic mass is 10.1. The van der Waals surface area contributed by atoms with Gasteiger partial charge in [-0.15, -0.1) is 11.3 Å². The molecule has 5 heteroatoms.